The highest BCUT2D eigenvalue weighted by molar-refractivity contribution is 7.14. The second kappa shape index (κ2) is 11.7. The minimum atomic E-state index is -0.655. The molecule has 6 rings (SSSR count). The van der Waals surface area contributed by atoms with Gasteiger partial charge in [0.05, 0.1) is 11.8 Å². The fourth-order valence-corrected chi connectivity index (χ4v) is 7.94. The number of anilines is 1. The monoisotopic (exact) mass is 593 g/mol. The first-order valence-corrected chi connectivity index (χ1v) is 16.2. The molecule has 3 saturated heterocycles. The molecule has 4 atom stereocenters. The lowest BCUT2D eigenvalue weighted by Crippen LogP contribution is -2.54. The number of carbonyl (C=O) groups is 3. The zero-order valence-corrected chi connectivity index (χ0v) is 26.0. The van der Waals surface area contributed by atoms with Gasteiger partial charge in [-0.2, -0.15) is 0 Å². The van der Waals surface area contributed by atoms with Gasteiger partial charge < -0.3 is 24.8 Å². The summed E-state index contributed by atoms with van der Waals surface area (Å²) in [6.45, 7) is 10.9. The molecule has 1 aromatic carbocycles. The molecule has 4 heterocycles. The summed E-state index contributed by atoms with van der Waals surface area (Å²) in [6, 6.07) is 6.26. The van der Waals surface area contributed by atoms with E-state index in [-0.39, 0.29) is 47.6 Å². The van der Waals surface area contributed by atoms with Crippen LogP contribution in [-0.4, -0.2) is 96.9 Å². The van der Waals surface area contributed by atoms with E-state index in [2.05, 4.69) is 48.3 Å². The number of likely N-dealkylation sites (tertiary alicyclic amines) is 1. The topological polar surface area (TPSA) is 95.1 Å². The van der Waals surface area contributed by atoms with Crippen molar-refractivity contribution in [3.05, 3.63) is 35.2 Å². The Kier molecular flexibility index (Phi) is 8.15. The van der Waals surface area contributed by atoms with Gasteiger partial charge in [0.15, 0.2) is 10.9 Å². The lowest BCUT2D eigenvalue weighted by molar-refractivity contribution is -0.139. The molecular weight excluding hydrogens is 550 g/mol. The molecule has 10 heteroatoms. The molecule has 42 heavy (non-hydrogen) atoms. The summed E-state index contributed by atoms with van der Waals surface area (Å²) >= 11 is 1.65. The third-order valence-electron chi connectivity index (χ3n) is 9.71. The van der Waals surface area contributed by atoms with Gasteiger partial charge in [0, 0.05) is 55.1 Å². The van der Waals surface area contributed by atoms with E-state index in [9.17, 15) is 14.4 Å². The van der Waals surface area contributed by atoms with Crippen molar-refractivity contribution >= 4 is 34.1 Å². The average molecular weight is 594 g/mol. The second-order valence-corrected chi connectivity index (χ2v) is 14.4. The maximum absolute atomic E-state index is 14.1. The number of benzene rings is 1. The summed E-state index contributed by atoms with van der Waals surface area (Å²) in [5, 5.41) is 6.20. The number of Topliss-reactive ketones (excluding diaryl/α,β-unsaturated/α-hetero) is 1. The molecule has 9 nitrogen and oxygen atoms in total. The van der Waals surface area contributed by atoms with E-state index >= 15 is 0 Å². The van der Waals surface area contributed by atoms with Gasteiger partial charge in [0.2, 0.25) is 5.91 Å². The highest BCUT2D eigenvalue weighted by Crippen LogP contribution is 2.42. The summed E-state index contributed by atoms with van der Waals surface area (Å²) in [7, 11) is 2.14. The molecule has 3 aliphatic heterocycles. The second-order valence-electron chi connectivity index (χ2n) is 13.5. The van der Waals surface area contributed by atoms with Crippen LogP contribution in [0.5, 0.6) is 0 Å². The first kappa shape index (κ1) is 29.3. The number of ether oxygens (including phenoxy) is 1. The predicted octanol–water partition coefficient (Wildman–Crippen LogP) is 3.69. The molecule has 226 valence electrons. The van der Waals surface area contributed by atoms with Crippen molar-refractivity contribution in [3.8, 4) is 11.3 Å². The fraction of sp³-hybridized carbons (Fsp3) is 0.625. The number of aromatic nitrogens is 1. The van der Waals surface area contributed by atoms with Crippen molar-refractivity contribution in [2.45, 2.75) is 64.6 Å². The normalized spacial score (nSPS) is 26.1. The molecule has 1 aromatic heterocycles. The third kappa shape index (κ3) is 5.73. The molecule has 0 radical (unpaired) electrons. The summed E-state index contributed by atoms with van der Waals surface area (Å²) in [6.07, 6.45) is 3.59. The third-order valence-corrected chi connectivity index (χ3v) is 10.6. The Balaban J connectivity index is 1.17. The number of likely N-dealkylation sites (N-methyl/N-ethyl adjacent to an activating group) is 1. The summed E-state index contributed by atoms with van der Waals surface area (Å²) in [4.78, 5) is 51.8. The van der Waals surface area contributed by atoms with Gasteiger partial charge in [-0.1, -0.05) is 45.7 Å². The van der Waals surface area contributed by atoms with Crippen LogP contribution >= 0.6 is 11.3 Å². The molecule has 4 fully saturated rings. The van der Waals surface area contributed by atoms with Gasteiger partial charge in [-0.15, -0.1) is 11.3 Å². The van der Waals surface area contributed by atoms with Gasteiger partial charge in [0.25, 0.3) is 5.91 Å². The maximum Gasteiger partial charge on any atom is 0.251 e. The largest absolute Gasteiger partial charge is 0.367 e. The number of rotatable bonds is 6. The molecule has 0 spiro atoms. The molecule has 4 aliphatic rings. The Morgan fingerprint density at radius 1 is 1.07 bits per heavy atom. The number of nitrogens with zero attached hydrogens (tertiary/aromatic N) is 4. The highest BCUT2D eigenvalue weighted by atomic mass is 32.1. The van der Waals surface area contributed by atoms with Gasteiger partial charge in [-0.25, -0.2) is 4.98 Å². The van der Waals surface area contributed by atoms with Crippen LogP contribution in [0.15, 0.2) is 29.6 Å². The van der Waals surface area contributed by atoms with E-state index in [4.69, 9.17) is 9.72 Å². The minimum Gasteiger partial charge on any atom is -0.367 e. The minimum absolute atomic E-state index is 0.0370. The molecule has 2 aromatic rings. The van der Waals surface area contributed by atoms with E-state index in [0.717, 1.165) is 68.3 Å². The van der Waals surface area contributed by atoms with E-state index < -0.39 is 12.1 Å². The van der Waals surface area contributed by atoms with Crippen molar-refractivity contribution in [2.24, 2.45) is 17.3 Å². The van der Waals surface area contributed by atoms with Crippen LogP contribution in [0.1, 0.15) is 56.8 Å². The van der Waals surface area contributed by atoms with E-state index in [0.29, 0.717) is 12.1 Å². The van der Waals surface area contributed by atoms with Crippen LogP contribution in [0.4, 0.5) is 5.13 Å². The van der Waals surface area contributed by atoms with Gasteiger partial charge >= 0.3 is 0 Å². The number of hydrogen-bond donors (Lipinski definition) is 1. The van der Waals surface area contributed by atoms with Crippen molar-refractivity contribution in [1.29, 1.82) is 0 Å². The average Bonchev–Trinajstić information content (AvgIpc) is 3.78. The van der Waals surface area contributed by atoms with Gasteiger partial charge in [0.1, 0.15) is 18.7 Å². The summed E-state index contributed by atoms with van der Waals surface area (Å²) < 4.78 is 5.91. The van der Waals surface area contributed by atoms with Crippen LogP contribution < -0.4 is 10.2 Å². The Morgan fingerprint density at radius 3 is 2.43 bits per heavy atom. The quantitative estimate of drug-likeness (QED) is 0.546. The van der Waals surface area contributed by atoms with Crippen LogP contribution in [-0.2, 0) is 14.3 Å². The maximum atomic E-state index is 14.1. The lowest BCUT2D eigenvalue weighted by Gasteiger charge is -2.32. The number of ketones is 1. The number of carbonyl (C=O) groups excluding carboxylic acids is 3. The van der Waals surface area contributed by atoms with Crippen LogP contribution in [0.2, 0.25) is 0 Å². The number of fused-ring (bicyclic) bond motifs is 1. The van der Waals surface area contributed by atoms with Crippen LogP contribution in [0.3, 0.4) is 0 Å². The van der Waals surface area contributed by atoms with Crippen LogP contribution in [0.25, 0.3) is 11.3 Å². The zero-order chi connectivity index (χ0) is 29.6. The summed E-state index contributed by atoms with van der Waals surface area (Å²) in [5.41, 5.74) is 2.26. The van der Waals surface area contributed by atoms with E-state index in [1.165, 1.54) is 0 Å². The predicted molar refractivity (Wildman–Crippen MR) is 164 cm³/mol. The first-order valence-electron chi connectivity index (χ1n) is 15.4. The fourth-order valence-electron chi connectivity index (χ4n) is 7.06. The molecule has 1 aliphatic carbocycles. The van der Waals surface area contributed by atoms with Crippen molar-refractivity contribution in [3.63, 3.8) is 0 Å². The standard InChI is InChI=1S/C32H43N5O4S/c1-32(2,3)23-17-37(27-25(38)18-41-28(23)27)30(40)26(21-7-5-6-8-21)34-29(39)22-11-9-20(10-12-22)24-19-42-31(33-24)36-15-13-35(4)14-16-36/h9-12,19,21,23,26-28H,5-8,13-18H2,1-4H3,(H,34,39)/t23-,26-,27+,28+/m0/s1. The van der Waals surface area contributed by atoms with Gasteiger partial charge in [-0.3, -0.25) is 14.4 Å². The number of piperazine rings is 1. The SMILES string of the molecule is CN1CCN(c2nc(-c3ccc(C(=O)N[C@H](C(=O)N4C[C@H](C(C)(C)C)[C@H]5OCC(=O)[C@H]54)C4CCCC4)cc3)cs2)CC1. The molecule has 1 saturated carbocycles. The molecular formula is C32H43N5O4S. The Morgan fingerprint density at radius 2 is 1.76 bits per heavy atom. The first-order chi connectivity index (χ1) is 20.1. The van der Waals surface area contributed by atoms with Crippen molar-refractivity contribution in [2.75, 3.05) is 51.3 Å². The van der Waals surface area contributed by atoms with Crippen molar-refractivity contribution in [1.82, 2.24) is 20.1 Å². The Bertz CT molecular complexity index is 1310. The van der Waals surface area contributed by atoms with E-state index in [1.54, 1.807) is 16.2 Å². The number of nitrogens with one attached hydrogen (secondary N) is 1. The Labute approximate surface area is 252 Å². The van der Waals surface area contributed by atoms with Crippen molar-refractivity contribution < 1.29 is 19.1 Å². The molecule has 0 unspecified atom stereocenters. The lowest BCUT2D eigenvalue weighted by atomic mass is 9.78. The molecule has 2 amide bonds. The van der Waals surface area contributed by atoms with E-state index in [1.807, 2.05) is 24.3 Å². The Hall–Kier alpha value is -2.82. The highest BCUT2D eigenvalue weighted by Gasteiger charge is 2.56. The molecule has 0 bridgehead atoms. The molecule has 1 N–H and O–H groups in total. The summed E-state index contributed by atoms with van der Waals surface area (Å²) in [5.74, 6) is -0.321. The van der Waals surface area contributed by atoms with Gasteiger partial charge in [-0.05, 0) is 43.4 Å². The zero-order valence-electron chi connectivity index (χ0n) is 25.2. The number of hydrogen-bond acceptors (Lipinski definition) is 8. The smallest absolute Gasteiger partial charge is 0.251 e. The number of thiazole rings is 1. The number of amides is 2. The van der Waals surface area contributed by atoms with Crippen LogP contribution in [0, 0.1) is 17.3 Å².